The van der Waals surface area contributed by atoms with Crippen LogP contribution in [-0.4, -0.2) is 81.4 Å². The molecule has 0 saturated carbocycles. The fraction of sp³-hybridized carbons (Fsp3) is 0.273. The molecule has 294 valence electrons. The number of nitrogens with zero attached hydrogens (tertiary/aromatic N) is 4. The molecular weight excluding hydrogens is 790 g/mol. The molecule has 6 aromatic rings. The molecule has 4 heterocycles. The topological polar surface area (TPSA) is 156 Å². The number of imidazole rings is 2. The lowest BCUT2D eigenvalue weighted by Crippen LogP contribution is -2.33. The highest BCUT2D eigenvalue weighted by Crippen LogP contribution is 2.32. The Kier molecular flexibility index (Phi) is 12.8. The number of hydrogen-bond acceptors (Lipinski definition) is 12. The number of rotatable bonds is 14. The highest BCUT2D eigenvalue weighted by molar-refractivity contribution is 7.98. The highest BCUT2D eigenvalue weighted by Gasteiger charge is 2.44. The first-order valence-electron chi connectivity index (χ1n) is 15.4. The van der Waals surface area contributed by atoms with Gasteiger partial charge in [0.05, 0.1) is 90.8 Å². The zero-order chi connectivity index (χ0) is 39.9. The van der Waals surface area contributed by atoms with Crippen LogP contribution >= 0.6 is 11.8 Å². The molecule has 0 aliphatic carbocycles. The van der Waals surface area contributed by atoms with E-state index < -0.39 is 35.4 Å². The number of fused-ring (bicyclic) bond motifs is 2. The summed E-state index contributed by atoms with van der Waals surface area (Å²) < 4.78 is 129. The Morgan fingerprint density at radius 3 is 1.80 bits per heavy atom. The number of benzene rings is 2. The fourth-order valence-electron chi connectivity index (χ4n) is 4.63. The molecule has 2 N–H and O–H groups in total. The first kappa shape index (κ1) is 40.7. The Morgan fingerprint density at radius 2 is 1.24 bits per heavy atom. The van der Waals surface area contributed by atoms with Crippen LogP contribution in [0.2, 0.25) is 0 Å². The molecule has 0 aliphatic rings. The van der Waals surface area contributed by atoms with E-state index in [9.17, 15) is 34.9 Å². The van der Waals surface area contributed by atoms with E-state index in [1.807, 2.05) is 0 Å². The predicted molar refractivity (Wildman–Crippen MR) is 185 cm³/mol. The zero-order valence-electron chi connectivity index (χ0n) is 28.9. The van der Waals surface area contributed by atoms with Crippen LogP contribution in [0.5, 0.6) is 34.5 Å². The van der Waals surface area contributed by atoms with Gasteiger partial charge >= 0.3 is 18.9 Å². The van der Waals surface area contributed by atoms with Gasteiger partial charge in [-0.1, -0.05) is 11.8 Å². The van der Waals surface area contributed by atoms with Crippen molar-refractivity contribution in [1.82, 2.24) is 29.9 Å². The molecule has 0 saturated heterocycles. The quantitative estimate of drug-likeness (QED) is 0.0818. The molecule has 4 aromatic heterocycles. The van der Waals surface area contributed by atoms with E-state index in [0.29, 0.717) is 56.2 Å². The summed E-state index contributed by atoms with van der Waals surface area (Å²) in [5, 5.41) is 0.620. The third-order valence-corrected chi connectivity index (χ3v) is 9.20. The van der Waals surface area contributed by atoms with E-state index in [-0.39, 0.29) is 22.2 Å². The summed E-state index contributed by atoms with van der Waals surface area (Å²) in [5.41, 5.74) is 2.70. The zero-order valence-corrected chi connectivity index (χ0v) is 30.5. The Bertz CT molecular complexity index is 2270. The van der Waals surface area contributed by atoms with E-state index >= 15 is 0 Å². The average Bonchev–Trinajstić information content (AvgIpc) is 3.77. The molecule has 0 spiro atoms. The van der Waals surface area contributed by atoms with E-state index in [4.69, 9.17) is 18.9 Å². The molecule has 0 fully saturated rings. The van der Waals surface area contributed by atoms with Crippen LogP contribution in [0.25, 0.3) is 22.1 Å². The van der Waals surface area contributed by atoms with Crippen LogP contribution in [0.3, 0.4) is 0 Å². The second-order valence-electron chi connectivity index (χ2n) is 10.8. The maximum atomic E-state index is 13.1. The molecule has 55 heavy (non-hydrogen) atoms. The lowest BCUT2D eigenvalue weighted by molar-refractivity contribution is -0.274. The van der Waals surface area contributed by atoms with Crippen molar-refractivity contribution in [1.29, 1.82) is 0 Å². The number of ether oxygens (including phenoxy) is 6. The molecule has 1 unspecified atom stereocenters. The van der Waals surface area contributed by atoms with Gasteiger partial charge in [0, 0.05) is 30.0 Å². The molecule has 1 atom stereocenters. The van der Waals surface area contributed by atoms with Crippen molar-refractivity contribution < 1.29 is 63.4 Å². The van der Waals surface area contributed by atoms with Crippen LogP contribution in [-0.2, 0) is 22.3 Å². The number of alkyl halides is 7. The van der Waals surface area contributed by atoms with Gasteiger partial charge in [0.15, 0.2) is 33.3 Å². The van der Waals surface area contributed by atoms with E-state index in [2.05, 4.69) is 39.4 Å². The number of methoxy groups -OCH3 is 4. The van der Waals surface area contributed by atoms with Gasteiger partial charge in [0.25, 0.3) is 0 Å². The van der Waals surface area contributed by atoms with Gasteiger partial charge in [-0.3, -0.25) is 14.2 Å². The number of H-pyrrole nitrogens is 2. The maximum Gasteiger partial charge on any atom is 0.573 e. The minimum atomic E-state index is -4.73. The summed E-state index contributed by atoms with van der Waals surface area (Å²) in [6.45, 7) is 0. The van der Waals surface area contributed by atoms with Crippen molar-refractivity contribution in [3.05, 3.63) is 72.3 Å². The van der Waals surface area contributed by atoms with E-state index in [1.165, 1.54) is 70.7 Å². The summed E-state index contributed by atoms with van der Waals surface area (Å²) in [6, 6.07) is 10.7. The van der Waals surface area contributed by atoms with Crippen LogP contribution in [0, 0.1) is 0 Å². The SMILES string of the molecule is COc1cnc(CS(=O)c2nc3ccc(OC(F)(F)C(F)F)cc3[nH]2)cc1OC.COc1cnc(CSc2nc3ccc(OC(F)(F)F)cc3[nH]2)cc1OC. The monoisotopic (exact) mass is 818 g/mol. The molecule has 22 heteroatoms. The Labute approximate surface area is 313 Å². The molecule has 0 amide bonds. The van der Waals surface area contributed by atoms with Gasteiger partial charge in [0.2, 0.25) is 0 Å². The van der Waals surface area contributed by atoms with E-state index in [1.54, 1.807) is 18.3 Å². The van der Waals surface area contributed by atoms with Crippen molar-refractivity contribution in [2.45, 2.75) is 40.7 Å². The van der Waals surface area contributed by atoms with Crippen molar-refractivity contribution in [2.75, 3.05) is 28.4 Å². The molecule has 2 aromatic carbocycles. The first-order chi connectivity index (χ1) is 26.1. The van der Waals surface area contributed by atoms with Crippen molar-refractivity contribution >= 4 is 44.6 Å². The number of hydrogen-bond donors (Lipinski definition) is 2. The average molecular weight is 819 g/mol. The number of thioether (sulfide) groups is 1. The lowest BCUT2D eigenvalue weighted by Gasteiger charge is -2.16. The number of halogens is 7. The van der Waals surface area contributed by atoms with Crippen LogP contribution in [0.1, 0.15) is 11.4 Å². The first-order valence-corrected chi connectivity index (χ1v) is 17.7. The van der Waals surface area contributed by atoms with Gasteiger partial charge in [-0.2, -0.15) is 17.6 Å². The largest absolute Gasteiger partial charge is 0.573 e. The summed E-state index contributed by atoms with van der Waals surface area (Å²) in [7, 11) is 4.32. The summed E-state index contributed by atoms with van der Waals surface area (Å²) in [5.74, 6) is 1.63. The Morgan fingerprint density at radius 1 is 0.709 bits per heavy atom. The van der Waals surface area contributed by atoms with Crippen LogP contribution in [0.15, 0.2) is 71.2 Å². The highest BCUT2D eigenvalue weighted by atomic mass is 32.2. The van der Waals surface area contributed by atoms with Crippen LogP contribution in [0.4, 0.5) is 30.7 Å². The predicted octanol–water partition coefficient (Wildman–Crippen LogP) is 7.69. The van der Waals surface area contributed by atoms with Crippen molar-refractivity contribution in [3.8, 4) is 34.5 Å². The van der Waals surface area contributed by atoms with Gasteiger partial charge in [-0.25, -0.2) is 9.97 Å². The normalized spacial score (nSPS) is 12.3. The van der Waals surface area contributed by atoms with Gasteiger partial charge in [0.1, 0.15) is 11.5 Å². The molecule has 0 bridgehead atoms. The minimum absolute atomic E-state index is 0.00696. The third-order valence-electron chi connectivity index (χ3n) is 7.11. The molecule has 0 radical (unpaired) electrons. The van der Waals surface area contributed by atoms with Crippen LogP contribution < -0.4 is 28.4 Å². The van der Waals surface area contributed by atoms with Gasteiger partial charge in [-0.15, -0.1) is 13.2 Å². The number of pyridine rings is 2. The maximum absolute atomic E-state index is 13.1. The molecule has 13 nitrogen and oxygen atoms in total. The van der Waals surface area contributed by atoms with Crippen molar-refractivity contribution in [3.63, 3.8) is 0 Å². The fourth-order valence-corrected chi connectivity index (χ4v) is 6.40. The second-order valence-corrected chi connectivity index (χ2v) is 13.1. The van der Waals surface area contributed by atoms with E-state index in [0.717, 1.165) is 17.8 Å². The third kappa shape index (κ3) is 10.6. The summed E-state index contributed by atoms with van der Waals surface area (Å²) >= 11 is 1.36. The lowest BCUT2D eigenvalue weighted by atomic mass is 10.3. The summed E-state index contributed by atoms with van der Waals surface area (Å²) in [4.78, 5) is 22.5. The summed E-state index contributed by atoms with van der Waals surface area (Å²) in [6.07, 6.45) is -10.3. The minimum Gasteiger partial charge on any atom is -0.493 e. The smallest absolute Gasteiger partial charge is 0.493 e. The Hall–Kier alpha value is -5.51. The number of aromatic nitrogens is 6. The second kappa shape index (κ2) is 17.3. The molecular formula is C33H29F7N6O7S2. The van der Waals surface area contributed by atoms with Gasteiger partial charge < -0.3 is 38.4 Å². The molecule has 0 aliphatic heterocycles. The number of nitrogens with one attached hydrogen (secondary N) is 2. The number of aromatic amines is 2. The standard InChI is InChI=1S/C17H15F4N3O4S.C16H14F3N3O3S/c1-26-13-5-9(22-7-14(13)27-2)8-29(25)16-23-11-4-3-10(6-12(11)24-16)28-17(20,21)15(18)19;1-23-13-5-9(20-7-14(13)24-2)8-26-15-21-11-4-3-10(6-12(11)22-15)25-16(17,18)19/h3-7,15H,8H2,1-2H3,(H,23,24);3-7H,8H2,1-2H3,(H,21,22). The van der Waals surface area contributed by atoms with Gasteiger partial charge in [-0.05, 0) is 24.3 Å². The molecule has 6 rings (SSSR count). The van der Waals surface area contributed by atoms with Crippen molar-refractivity contribution in [2.24, 2.45) is 0 Å². The Balaban J connectivity index is 0.000000212.